The van der Waals surface area contributed by atoms with Gasteiger partial charge in [-0.2, -0.15) is 5.10 Å². The number of anilines is 1. The number of rotatable bonds is 10. The normalized spacial score (nSPS) is 10.6. The van der Waals surface area contributed by atoms with Crippen molar-refractivity contribution >= 4 is 57.2 Å². The molecule has 0 heterocycles. The van der Waals surface area contributed by atoms with Gasteiger partial charge >= 0.3 is 5.97 Å². The van der Waals surface area contributed by atoms with Crippen LogP contribution in [0.15, 0.2) is 88.4 Å². The predicted molar refractivity (Wildman–Crippen MR) is 166 cm³/mol. The lowest BCUT2D eigenvalue weighted by Gasteiger charge is -2.14. The summed E-state index contributed by atoms with van der Waals surface area (Å²) in [6, 6.07) is 20.6. The summed E-state index contributed by atoms with van der Waals surface area (Å²) in [6.07, 6.45) is 1.36. The molecule has 0 aliphatic carbocycles. The van der Waals surface area contributed by atoms with Crippen LogP contribution in [0.5, 0.6) is 23.0 Å². The molecular weight excluding hydrogens is 642 g/mol. The molecule has 0 aromatic heterocycles. The summed E-state index contributed by atoms with van der Waals surface area (Å²) in [4.78, 5) is 38.1. The monoisotopic (exact) mass is 665 g/mol. The molecule has 0 aliphatic rings. The Morgan fingerprint density at radius 2 is 1.37 bits per heavy atom. The lowest BCUT2D eigenvalue weighted by Crippen LogP contribution is -2.18. The minimum atomic E-state index is -0.574. The molecule has 2 N–H and O–H groups in total. The first-order valence-electron chi connectivity index (χ1n) is 12.5. The van der Waals surface area contributed by atoms with Crippen LogP contribution in [0.4, 0.5) is 5.69 Å². The van der Waals surface area contributed by atoms with E-state index in [1.807, 2.05) is 0 Å². The minimum Gasteiger partial charge on any atom is -0.493 e. The number of carbonyl (C=O) groups is 3. The molecule has 0 saturated carbocycles. The van der Waals surface area contributed by atoms with Gasteiger partial charge in [0.25, 0.3) is 11.8 Å². The highest BCUT2D eigenvalue weighted by atomic mass is 79.9. The van der Waals surface area contributed by atoms with Crippen LogP contribution in [-0.4, -0.2) is 45.3 Å². The molecule has 0 atom stereocenters. The Hall–Kier alpha value is -4.87. The quantitative estimate of drug-likeness (QED) is 0.0873. The summed E-state index contributed by atoms with van der Waals surface area (Å²) in [7, 11) is 4.40. The van der Waals surface area contributed by atoms with Crippen LogP contribution in [-0.2, 0) is 0 Å². The molecule has 12 heteroatoms. The second-order valence-corrected chi connectivity index (χ2v) is 10.1. The Labute approximate surface area is 260 Å². The molecule has 4 aromatic rings. The maximum absolute atomic E-state index is 12.9. The van der Waals surface area contributed by atoms with Gasteiger partial charge in [-0.3, -0.25) is 9.59 Å². The van der Waals surface area contributed by atoms with Crippen LogP contribution in [0.2, 0.25) is 5.02 Å². The van der Waals surface area contributed by atoms with E-state index in [4.69, 9.17) is 30.5 Å². The molecule has 0 saturated heterocycles. The number of ether oxygens (including phenoxy) is 4. The Morgan fingerprint density at radius 1 is 0.744 bits per heavy atom. The van der Waals surface area contributed by atoms with Gasteiger partial charge in [-0.1, -0.05) is 27.5 Å². The number of amides is 2. The first-order valence-corrected chi connectivity index (χ1v) is 13.7. The topological polar surface area (TPSA) is 125 Å². The van der Waals surface area contributed by atoms with Crippen molar-refractivity contribution in [2.45, 2.75) is 0 Å². The number of esters is 1. The maximum Gasteiger partial charge on any atom is 0.343 e. The molecule has 220 valence electrons. The molecule has 0 spiro atoms. The summed E-state index contributed by atoms with van der Waals surface area (Å²) < 4.78 is 22.1. The molecule has 4 rings (SSSR count). The van der Waals surface area contributed by atoms with Crippen LogP contribution < -0.4 is 29.7 Å². The van der Waals surface area contributed by atoms with E-state index in [1.165, 1.54) is 51.8 Å². The Balaban J connectivity index is 1.40. The van der Waals surface area contributed by atoms with E-state index in [1.54, 1.807) is 54.6 Å². The molecule has 0 bridgehead atoms. The van der Waals surface area contributed by atoms with E-state index < -0.39 is 17.8 Å². The number of nitrogens with one attached hydrogen (secondary N) is 2. The van der Waals surface area contributed by atoms with Gasteiger partial charge in [0, 0.05) is 31.9 Å². The third kappa shape index (κ3) is 7.91. The van der Waals surface area contributed by atoms with Crippen LogP contribution in [0, 0.1) is 0 Å². The van der Waals surface area contributed by atoms with Gasteiger partial charge in [0.15, 0.2) is 11.5 Å². The number of nitrogens with zero attached hydrogens (tertiary/aromatic N) is 1. The van der Waals surface area contributed by atoms with Crippen molar-refractivity contribution < 1.29 is 33.3 Å². The fraction of sp³-hybridized carbons (Fsp3) is 0.0968. The largest absolute Gasteiger partial charge is 0.493 e. The van der Waals surface area contributed by atoms with Crippen molar-refractivity contribution in [3.8, 4) is 23.0 Å². The average molecular weight is 667 g/mol. The molecule has 0 aliphatic heterocycles. The summed E-state index contributed by atoms with van der Waals surface area (Å²) >= 11 is 9.27. The lowest BCUT2D eigenvalue weighted by molar-refractivity contribution is 0.0733. The van der Waals surface area contributed by atoms with E-state index >= 15 is 0 Å². The van der Waals surface area contributed by atoms with E-state index in [0.717, 1.165) is 4.47 Å². The smallest absolute Gasteiger partial charge is 0.343 e. The third-order valence-corrected chi connectivity index (χ3v) is 6.70. The van der Waals surface area contributed by atoms with Crippen molar-refractivity contribution in [2.24, 2.45) is 5.10 Å². The van der Waals surface area contributed by atoms with Gasteiger partial charge < -0.3 is 24.3 Å². The molecule has 4 aromatic carbocycles. The molecule has 2 amide bonds. The molecule has 10 nitrogen and oxygen atoms in total. The average Bonchev–Trinajstić information content (AvgIpc) is 3.02. The zero-order chi connectivity index (χ0) is 30.9. The number of benzene rings is 4. The van der Waals surface area contributed by atoms with Crippen molar-refractivity contribution in [3.63, 3.8) is 0 Å². The third-order valence-electron chi connectivity index (χ3n) is 5.96. The van der Waals surface area contributed by atoms with Gasteiger partial charge in [-0.05, 0) is 78.9 Å². The molecular formula is C31H25BrClN3O7. The number of carbonyl (C=O) groups excluding carboxylic acids is 3. The van der Waals surface area contributed by atoms with Crippen LogP contribution in [0.25, 0.3) is 0 Å². The predicted octanol–water partition coefficient (Wildman–Crippen LogP) is 6.36. The maximum atomic E-state index is 12.9. The SMILES string of the molecule is COc1cc(C(=O)Nc2ccc(C(=O)N/N=C\c3cc(Br)ccc3OC(=O)c3ccc(Cl)cc3)cc2)cc(OC)c1OC. The standard InChI is InChI=1S/C31H25BrClN3O7/c1-40-26-15-20(16-27(41-2)28(26)42-3)29(37)35-24-11-6-18(7-12-24)30(38)36-34-17-21-14-22(32)8-13-25(21)43-31(39)19-4-9-23(33)10-5-19/h4-17H,1-3H3,(H,35,37)(H,36,38)/b34-17-. The van der Waals surface area contributed by atoms with Gasteiger partial charge in [0.1, 0.15) is 5.75 Å². The number of hydrogen-bond donors (Lipinski definition) is 2. The zero-order valence-electron chi connectivity index (χ0n) is 23.1. The van der Waals surface area contributed by atoms with E-state index in [9.17, 15) is 14.4 Å². The minimum absolute atomic E-state index is 0.244. The number of hydrogen-bond acceptors (Lipinski definition) is 8. The van der Waals surface area contributed by atoms with Gasteiger partial charge in [0.2, 0.25) is 5.75 Å². The van der Waals surface area contributed by atoms with Gasteiger partial charge in [-0.15, -0.1) is 0 Å². The van der Waals surface area contributed by atoms with E-state index in [-0.39, 0.29) is 11.3 Å². The van der Waals surface area contributed by atoms with Crippen LogP contribution >= 0.6 is 27.5 Å². The van der Waals surface area contributed by atoms with Gasteiger partial charge in [-0.25, -0.2) is 10.2 Å². The van der Waals surface area contributed by atoms with Crippen molar-refractivity contribution in [2.75, 3.05) is 26.6 Å². The van der Waals surface area contributed by atoms with Crippen LogP contribution in [0.1, 0.15) is 36.6 Å². The van der Waals surface area contributed by atoms with Crippen molar-refractivity contribution in [1.82, 2.24) is 5.43 Å². The molecule has 43 heavy (non-hydrogen) atoms. The summed E-state index contributed by atoms with van der Waals surface area (Å²) in [6.45, 7) is 0. The van der Waals surface area contributed by atoms with Crippen molar-refractivity contribution in [3.05, 3.63) is 111 Å². The fourth-order valence-electron chi connectivity index (χ4n) is 3.80. The van der Waals surface area contributed by atoms with E-state index in [0.29, 0.717) is 44.6 Å². The number of hydrazone groups is 1. The second kappa shape index (κ2) is 14.3. The highest BCUT2D eigenvalue weighted by Gasteiger charge is 2.17. The summed E-state index contributed by atoms with van der Waals surface area (Å²) in [5.74, 6) is -0.183. The second-order valence-electron chi connectivity index (χ2n) is 8.72. The number of methoxy groups -OCH3 is 3. The first kappa shape index (κ1) is 31.1. The van der Waals surface area contributed by atoms with Crippen LogP contribution in [0.3, 0.4) is 0 Å². The highest BCUT2D eigenvalue weighted by molar-refractivity contribution is 9.10. The van der Waals surface area contributed by atoms with Crippen molar-refractivity contribution in [1.29, 1.82) is 0 Å². The lowest BCUT2D eigenvalue weighted by atomic mass is 10.1. The summed E-state index contributed by atoms with van der Waals surface area (Å²) in [5.41, 5.74) is 4.26. The van der Waals surface area contributed by atoms with Gasteiger partial charge in [0.05, 0.1) is 33.1 Å². The first-order chi connectivity index (χ1) is 20.7. The molecule has 0 fully saturated rings. The molecule has 0 radical (unpaired) electrons. The van der Waals surface area contributed by atoms with E-state index in [2.05, 4.69) is 31.8 Å². The highest BCUT2D eigenvalue weighted by Crippen LogP contribution is 2.38. The Morgan fingerprint density at radius 3 is 1.98 bits per heavy atom. The number of halogens is 2. The fourth-order valence-corrected chi connectivity index (χ4v) is 4.31. The summed E-state index contributed by atoms with van der Waals surface area (Å²) in [5, 5.41) is 7.28. The Bertz CT molecular complexity index is 1650. The Kier molecular flexibility index (Phi) is 10.4. The molecule has 0 unspecified atom stereocenters. The zero-order valence-corrected chi connectivity index (χ0v) is 25.5.